The standard InChI is InChI=1S/C16H15FN2O3/c1-2-22-14-9-4-3-8-13(14)19-16(21)15(20)18-12-7-5-6-11(17)10-12/h3-10H,2H2,1H3,(H,18,20)(H,19,21). The lowest BCUT2D eigenvalue weighted by Gasteiger charge is -2.11. The lowest BCUT2D eigenvalue weighted by molar-refractivity contribution is -0.133. The molecule has 2 N–H and O–H groups in total. The fourth-order valence-electron chi connectivity index (χ4n) is 1.78. The average molecular weight is 302 g/mol. The zero-order valence-corrected chi connectivity index (χ0v) is 11.9. The summed E-state index contributed by atoms with van der Waals surface area (Å²) >= 11 is 0. The van der Waals surface area contributed by atoms with Crippen LogP contribution >= 0.6 is 0 Å². The molecular formula is C16H15FN2O3. The SMILES string of the molecule is CCOc1ccccc1NC(=O)C(=O)Nc1cccc(F)c1. The molecule has 0 aliphatic rings. The van der Waals surface area contributed by atoms with E-state index in [9.17, 15) is 14.0 Å². The zero-order valence-electron chi connectivity index (χ0n) is 11.9. The van der Waals surface area contributed by atoms with Gasteiger partial charge in [0.25, 0.3) is 0 Å². The Morgan fingerprint density at radius 2 is 1.77 bits per heavy atom. The number of ether oxygens (including phenoxy) is 1. The van der Waals surface area contributed by atoms with Crippen LogP contribution in [0.15, 0.2) is 48.5 Å². The molecule has 2 aromatic carbocycles. The highest BCUT2D eigenvalue weighted by molar-refractivity contribution is 6.43. The van der Waals surface area contributed by atoms with Gasteiger partial charge in [-0.1, -0.05) is 18.2 Å². The van der Waals surface area contributed by atoms with Crippen LogP contribution in [0.5, 0.6) is 5.75 Å². The summed E-state index contributed by atoms with van der Waals surface area (Å²) in [4.78, 5) is 23.7. The van der Waals surface area contributed by atoms with Crippen molar-refractivity contribution in [3.8, 4) is 5.75 Å². The molecule has 0 aliphatic carbocycles. The van der Waals surface area contributed by atoms with Gasteiger partial charge in [0, 0.05) is 5.69 Å². The Morgan fingerprint density at radius 1 is 1.05 bits per heavy atom. The number of halogens is 1. The Labute approximate surface area is 127 Å². The number of hydrogen-bond acceptors (Lipinski definition) is 3. The van der Waals surface area contributed by atoms with E-state index in [-0.39, 0.29) is 5.69 Å². The van der Waals surface area contributed by atoms with Crippen molar-refractivity contribution in [2.45, 2.75) is 6.92 Å². The van der Waals surface area contributed by atoms with Crippen LogP contribution in [-0.4, -0.2) is 18.4 Å². The monoisotopic (exact) mass is 302 g/mol. The van der Waals surface area contributed by atoms with Gasteiger partial charge in [0.05, 0.1) is 12.3 Å². The van der Waals surface area contributed by atoms with Crippen molar-refractivity contribution in [3.05, 3.63) is 54.3 Å². The molecule has 0 bridgehead atoms. The van der Waals surface area contributed by atoms with E-state index in [0.717, 1.165) is 6.07 Å². The van der Waals surface area contributed by atoms with E-state index >= 15 is 0 Å². The van der Waals surface area contributed by atoms with E-state index in [1.54, 1.807) is 24.3 Å². The molecular weight excluding hydrogens is 287 g/mol. The quantitative estimate of drug-likeness (QED) is 0.853. The minimum atomic E-state index is -0.892. The van der Waals surface area contributed by atoms with E-state index in [0.29, 0.717) is 18.0 Å². The number of para-hydroxylation sites is 2. The summed E-state index contributed by atoms with van der Waals surface area (Å²) in [5.74, 6) is -1.79. The van der Waals surface area contributed by atoms with Crippen molar-refractivity contribution in [1.29, 1.82) is 0 Å². The molecule has 0 heterocycles. The first kappa shape index (κ1) is 15.5. The van der Waals surface area contributed by atoms with Gasteiger partial charge in [-0.15, -0.1) is 0 Å². The molecule has 0 unspecified atom stereocenters. The Balaban J connectivity index is 2.04. The first-order chi connectivity index (χ1) is 10.6. The van der Waals surface area contributed by atoms with Crippen molar-refractivity contribution < 1.29 is 18.7 Å². The molecule has 0 aliphatic heterocycles. The third-order valence-corrected chi connectivity index (χ3v) is 2.72. The Hall–Kier alpha value is -2.89. The number of rotatable bonds is 4. The number of hydrogen-bond donors (Lipinski definition) is 2. The second-order valence-corrected chi connectivity index (χ2v) is 4.35. The Kier molecular flexibility index (Phi) is 5.08. The first-order valence-corrected chi connectivity index (χ1v) is 6.70. The molecule has 0 radical (unpaired) electrons. The molecule has 6 heteroatoms. The van der Waals surface area contributed by atoms with Crippen molar-refractivity contribution >= 4 is 23.2 Å². The van der Waals surface area contributed by atoms with Gasteiger partial charge in [0.15, 0.2) is 0 Å². The van der Waals surface area contributed by atoms with Crippen molar-refractivity contribution in [3.63, 3.8) is 0 Å². The molecule has 2 rings (SSSR count). The molecule has 0 spiro atoms. The molecule has 0 atom stereocenters. The van der Waals surface area contributed by atoms with Crippen LogP contribution in [0.2, 0.25) is 0 Å². The minimum Gasteiger partial charge on any atom is -0.492 e. The number of carbonyl (C=O) groups excluding carboxylic acids is 2. The van der Waals surface area contributed by atoms with Gasteiger partial charge in [-0.25, -0.2) is 4.39 Å². The van der Waals surface area contributed by atoms with Gasteiger partial charge < -0.3 is 15.4 Å². The largest absolute Gasteiger partial charge is 0.492 e. The minimum absolute atomic E-state index is 0.207. The lowest BCUT2D eigenvalue weighted by atomic mass is 10.3. The molecule has 0 saturated carbocycles. The third kappa shape index (κ3) is 4.05. The Bertz CT molecular complexity index is 689. The maximum atomic E-state index is 13.0. The van der Waals surface area contributed by atoms with Crippen molar-refractivity contribution in [2.24, 2.45) is 0 Å². The third-order valence-electron chi connectivity index (χ3n) is 2.72. The van der Waals surface area contributed by atoms with Crippen LogP contribution < -0.4 is 15.4 Å². The number of carbonyl (C=O) groups is 2. The summed E-state index contributed by atoms with van der Waals surface area (Å²) < 4.78 is 18.4. The van der Waals surface area contributed by atoms with Crippen molar-refractivity contribution in [2.75, 3.05) is 17.2 Å². The Morgan fingerprint density at radius 3 is 2.50 bits per heavy atom. The topological polar surface area (TPSA) is 67.4 Å². The number of anilines is 2. The fraction of sp³-hybridized carbons (Fsp3) is 0.125. The summed E-state index contributed by atoms with van der Waals surface area (Å²) in [5, 5.41) is 4.78. The predicted molar refractivity (Wildman–Crippen MR) is 81.3 cm³/mol. The van der Waals surface area contributed by atoms with Crippen LogP contribution in [-0.2, 0) is 9.59 Å². The normalized spacial score (nSPS) is 9.91. The molecule has 22 heavy (non-hydrogen) atoms. The highest BCUT2D eigenvalue weighted by Gasteiger charge is 2.16. The fourth-order valence-corrected chi connectivity index (χ4v) is 1.78. The molecule has 114 valence electrons. The molecule has 0 aromatic heterocycles. The van der Waals surface area contributed by atoms with Gasteiger partial charge in [0.2, 0.25) is 0 Å². The van der Waals surface area contributed by atoms with Gasteiger partial charge in [-0.05, 0) is 37.3 Å². The van der Waals surface area contributed by atoms with Gasteiger partial charge in [-0.3, -0.25) is 9.59 Å². The summed E-state index contributed by atoms with van der Waals surface area (Å²) in [7, 11) is 0. The molecule has 2 amide bonds. The van der Waals surface area contributed by atoms with E-state index < -0.39 is 17.6 Å². The number of amides is 2. The average Bonchev–Trinajstić information content (AvgIpc) is 2.49. The molecule has 0 saturated heterocycles. The second kappa shape index (κ2) is 7.21. The van der Waals surface area contributed by atoms with Gasteiger partial charge in [0.1, 0.15) is 11.6 Å². The highest BCUT2D eigenvalue weighted by atomic mass is 19.1. The lowest BCUT2D eigenvalue weighted by Crippen LogP contribution is -2.29. The van der Waals surface area contributed by atoms with Crippen LogP contribution in [0, 0.1) is 5.82 Å². The smallest absolute Gasteiger partial charge is 0.314 e. The van der Waals surface area contributed by atoms with E-state index in [2.05, 4.69) is 10.6 Å². The summed E-state index contributed by atoms with van der Waals surface area (Å²) in [6.07, 6.45) is 0. The van der Waals surface area contributed by atoms with Crippen LogP contribution in [0.1, 0.15) is 6.92 Å². The molecule has 0 fully saturated rings. The summed E-state index contributed by atoms with van der Waals surface area (Å²) in [6.45, 7) is 2.25. The zero-order chi connectivity index (χ0) is 15.9. The first-order valence-electron chi connectivity index (χ1n) is 6.70. The van der Waals surface area contributed by atoms with Gasteiger partial charge >= 0.3 is 11.8 Å². The maximum absolute atomic E-state index is 13.0. The second-order valence-electron chi connectivity index (χ2n) is 4.35. The van der Waals surface area contributed by atoms with Crippen LogP contribution in [0.4, 0.5) is 15.8 Å². The van der Waals surface area contributed by atoms with E-state index in [1.165, 1.54) is 18.2 Å². The van der Waals surface area contributed by atoms with Gasteiger partial charge in [-0.2, -0.15) is 0 Å². The predicted octanol–water partition coefficient (Wildman–Crippen LogP) is 2.80. The summed E-state index contributed by atoms with van der Waals surface area (Å²) in [6, 6.07) is 12.1. The van der Waals surface area contributed by atoms with E-state index in [1.807, 2.05) is 6.92 Å². The van der Waals surface area contributed by atoms with Crippen LogP contribution in [0.3, 0.4) is 0 Å². The van der Waals surface area contributed by atoms with Crippen LogP contribution in [0.25, 0.3) is 0 Å². The number of benzene rings is 2. The molecule has 2 aromatic rings. The number of nitrogens with one attached hydrogen (secondary N) is 2. The maximum Gasteiger partial charge on any atom is 0.314 e. The molecule has 5 nitrogen and oxygen atoms in total. The van der Waals surface area contributed by atoms with E-state index in [4.69, 9.17) is 4.74 Å². The highest BCUT2D eigenvalue weighted by Crippen LogP contribution is 2.23. The summed E-state index contributed by atoms with van der Waals surface area (Å²) in [5.41, 5.74) is 0.599. The van der Waals surface area contributed by atoms with Crippen molar-refractivity contribution in [1.82, 2.24) is 0 Å².